The van der Waals surface area contributed by atoms with Crippen LogP contribution >= 0.6 is 11.6 Å². The third-order valence-corrected chi connectivity index (χ3v) is 3.19. The number of nitrogens with one attached hydrogen (secondary N) is 1. The van der Waals surface area contributed by atoms with Gasteiger partial charge in [-0.3, -0.25) is 4.79 Å². The molecule has 0 aliphatic rings. The summed E-state index contributed by atoms with van der Waals surface area (Å²) in [6.07, 6.45) is 1.66. The van der Waals surface area contributed by atoms with E-state index in [1.807, 2.05) is 35.9 Å². The zero-order valence-electron chi connectivity index (χ0n) is 8.62. The minimum Gasteiger partial charge on any atom is -0.338 e. The molecule has 0 amide bonds. The first-order valence-electron chi connectivity index (χ1n) is 4.94. The molecule has 0 aliphatic heterocycles. The molecule has 1 N–H and O–H groups in total. The fraction of sp³-hybridized carbons (Fsp3) is 0.0833. The number of para-hydroxylation sites is 1. The van der Waals surface area contributed by atoms with Gasteiger partial charge in [-0.2, -0.15) is 0 Å². The number of pyridine rings is 1. The first kappa shape index (κ1) is 9.48. The van der Waals surface area contributed by atoms with E-state index in [2.05, 4.69) is 4.98 Å². The predicted octanol–water partition coefficient (Wildman–Crippen LogP) is 2.67. The molecule has 0 saturated carbocycles. The van der Waals surface area contributed by atoms with Crippen molar-refractivity contribution in [1.82, 2.24) is 9.55 Å². The predicted molar refractivity (Wildman–Crippen MR) is 66.1 cm³/mol. The van der Waals surface area contributed by atoms with E-state index in [0.29, 0.717) is 10.5 Å². The maximum Gasteiger partial charge on any atom is 0.272 e. The van der Waals surface area contributed by atoms with Crippen molar-refractivity contribution in [3.05, 3.63) is 45.8 Å². The van der Waals surface area contributed by atoms with Gasteiger partial charge in [-0.1, -0.05) is 23.7 Å². The van der Waals surface area contributed by atoms with Crippen LogP contribution in [0.15, 0.2) is 35.3 Å². The van der Waals surface area contributed by atoms with Crippen LogP contribution in [0.3, 0.4) is 0 Å². The van der Waals surface area contributed by atoms with Crippen molar-refractivity contribution >= 4 is 33.4 Å². The summed E-state index contributed by atoms with van der Waals surface area (Å²) in [5.41, 5.74) is 1.47. The maximum absolute atomic E-state index is 11.8. The molecular weight excluding hydrogens is 224 g/mol. The summed E-state index contributed by atoms with van der Waals surface area (Å²) in [6, 6.07) is 7.60. The Balaban J connectivity index is 2.76. The van der Waals surface area contributed by atoms with E-state index >= 15 is 0 Å². The van der Waals surface area contributed by atoms with Crippen LogP contribution in [0.2, 0.25) is 5.02 Å². The lowest BCUT2D eigenvalue weighted by Gasteiger charge is -1.98. The van der Waals surface area contributed by atoms with Gasteiger partial charge in [-0.15, -0.1) is 0 Å². The number of aromatic amines is 1. The minimum absolute atomic E-state index is 0.0905. The van der Waals surface area contributed by atoms with E-state index in [0.717, 1.165) is 16.3 Å². The van der Waals surface area contributed by atoms with Gasteiger partial charge in [0.1, 0.15) is 5.52 Å². The fourth-order valence-corrected chi connectivity index (χ4v) is 2.51. The Kier molecular flexibility index (Phi) is 1.85. The van der Waals surface area contributed by atoms with Gasteiger partial charge < -0.3 is 9.55 Å². The molecule has 0 fully saturated rings. The average Bonchev–Trinajstić information content (AvgIpc) is 2.56. The van der Waals surface area contributed by atoms with Crippen molar-refractivity contribution in [3.63, 3.8) is 0 Å². The highest BCUT2D eigenvalue weighted by Crippen LogP contribution is 2.30. The molecule has 0 atom stereocenters. The zero-order chi connectivity index (χ0) is 11.3. The van der Waals surface area contributed by atoms with Gasteiger partial charge in [0, 0.05) is 24.0 Å². The molecule has 1 aromatic carbocycles. The molecule has 0 aliphatic carbocycles. The van der Waals surface area contributed by atoms with Gasteiger partial charge in [-0.05, 0) is 12.1 Å². The first-order valence-corrected chi connectivity index (χ1v) is 5.32. The van der Waals surface area contributed by atoms with Crippen LogP contribution in [0.25, 0.3) is 21.8 Å². The molecule has 0 saturated heterocycles. The number of fused-ring (bicyclic) bond motifs is 3. The average molecular weight is 233 g/mol. The van der Waals surface area contributed by atoms with Crippen LogP contribution in [0, 0.1) is 0 Å². The lowest BCUT2D eigenvalue weighted by atomic mass is 10.2. The van der Waals surface area contributed by atoms with Crippen molar-refractivity contribution in [1.29, 1.82) is 0 Å². The summed E-state index contributed by atoms with van der Waals surface area (Å²) in [4.78, 5) is 14.4. The normalized spacial score (nSPS) is 11.4. The molecule has 3 rings (SSSR count). The van der Waals surface area contributed by atoms with Gasteiger partial charge in [-0.25, -0.2) is 0 Å². The van der Waals surface area contributed by atoms with E-state index in [1.165, 1.54) is 0 Å². The second-order valence-corrected chi connectivity index (χ2v) is 4.17. The lowest BCUT2D eigenvalue weighted by Crippen LogP contribution is -2.07. The Morgan fingerprint density at radius 2 is 1.94 bits per heavy atom. The molecule has 2 aromatic heterocycles. The topological polar surface area (TPSA) is 37.8 Å². The molecule has 0 unspecified atom stereocenters. The summed E-state index contributed by atoms with van der Waals surface area (Å²) in [7, 11) is 1.85. The number of hydrogen-bond donors (Lipinski definition) is 1. The Morgan fingerprint density at radius 1 is 1.19 bits per heavy atom. The van der Waals surface area contributed by atoms with Gasteiger partial charge >= 0.3 is 0 Å². The van der Waals surface area contributed by atoms with Gasteiger partial charge in [0.05, 0.1) is 10.5 Å². The second kappa shape index (κ2) is 3.12. The first-order chi connectivity index (χ1) is 7.70. The third kappa shape index (κ3) is 1.06. The van der Waals surface area contributed by atoms with Gasteiger partial charge in [0.15, 0.2) is 0 Å². The van der Waals surface area contributed by atoms with Crippen molar-refractivity contribution in [2.75, 3.05) is 0 Å². The van der Waals surface area contributed by atoms with Crippen LogP contribution in [0.4, 0.5) is 0 Å². The molecule has 80 valence electrons. The highest BCUT2D eigenvalue weighted by molar-refractivity contribution is 6.36. The monoisotopic (exact) mass is 232 g/mol. The molecular formula is C12H9ClN2O. The summed E-state index contributed by atoms with van der Waals surface area (Å²) >= 11 is 6.15. The molecule has 0 bridgehead atoms. The van der Waals surface area contributed by atoms with Crippen LogP contribution in [-0.2, 0) is 7.05 Å². The van der Waals surface area contributed by atoms with Crippen molar-refractivity contribution in [2.24, 2.45) is 7.05 Å². The number of aromatic nitrogens is 2. The highest BCUT2D eigenvalue weighted by Gasteiger charge is 2.12. The molecule has 4 heteroatoms. The van der Waals surface area contributed by atoms with Crippen molar-refractivity contribution < 1.29 is 0 Å². The second-order valence-electron chi connectivity index (χ2n) is 3.76. The van der Waals surface area contributed by atoms with Crippen molar-refractivity contribution in [2.45, 2.75) is 0 Å². The summed E-state index contributed by atoms with van der Waals surface area (Å²) < 4.78 is 1.84. The van der Waals surface area contributed by atoms with Crippen molar-refractivity contribution in [3.8, 4) is 0 Å². The van der Waals surface area contributed by atoms with Crippen LogP contribution in [0.5, 0.6) is 0 Å². The maximum atomic E-state index is 11.8. The van der Waals surface area contributed by atoms with E-state index in [9.17, 15) is 4.79 Å². The number of nitrogens with zero attached hydrogens (tertiary/aromatic N) is 1. The number of rotatable bonds is 0. The van der Waals surface area contributed by atoms with E-state index < -0.39 is 0 Å². The Bertz CT molecular complexity index is 755. The summed E-state index contributed by atoms with van der Waals surface area (Å²) in [5, 5.41) is 2.61. The Hall–Kier alpha value is -1.74. The molecule has 0 radical (unpaired) electrons. The Morgan fingerprint density at radius 3 is 2.75 bits per heavy atom. The van der Waals surface area contributed by atoms with Crippen LogP contribution < -0.4 is 5.56 Å². The SMILES string of the molecule is Cn1c2c(Cl)cccc2c2cc[nH]c(=O)c21. The van der Waals surface area contributed by atoms with E-state index in [4.69, 9.17) is 11.6 Å². The minimum atomic E-state index is -0.0905. The third-order valence-electron chi connectivity index (χ3n) is 2.88. The van der Waals surface area contributed by atoms with E-state index in [-0.39, 0.29) is 5.56 Å². The molecule has 0 spiro atoms. The highest BCUT2D eigenvalue weighted by atomic mass is 35.5. The summed E-state index contributed by atoms with van der Waals surface area (Å²) in [6.45, 7) is 0. The molecule has 3 nitrogen and oxygen atoms in total. The number of halogens is 1. The number of benzene rings is 1. The standard InChI is InChI=1S/C12H9ClN2O/c1-15-10-7(3-2-4-9(10)13)8-5-6-14-12(16)11(8)15/h2-6H,1H3,(H,14,16). The van der Waals surface area contributed by atoms with Crippen LogP contribution in [-0.4, -0.2) is 9.55 Å². The smallest absolute Gasteiger partial charge is 0.272 e. The van der Waals surface area contributed by atoms with Gasteiger partial charge in [0.2, 0.25) is 0 Å². The number of H-pyrrole nitrogens is 1. The quantitative estimate of drug-likeness (QED) is 0.636. The lowest BCUT2D eigenvalue weighted by molar-refractivity contribution is 0.999. The number of hydrogen-bond acceptors (Lipinski definition) is 1. The molecule has 3 aromatic rings. The van der Waals surface area contributed by atoms with Gasteiger partial charge in [0.25, 0.3) is 5.56 Å². The number of aryl methyl sites for hydroxylation is 1. The van der Waals surface area contributed by atoms with Crippen LogP contribution in [0.1, 0.15) is 0 Å². The van der Waals surface area contributed by atoms with E-state index in [1.54, 1.807) is 6.20 Å². The fourth-order valence-electron chi connectivity index (χ4n) is 2.21. The summed E-state index contributed by atoms with van der Waals surface area (Å²) in [5.74, 6) is 0. The molecule has 16 heavy (non-hydrogen) atoms. The largest absolute Gasteiger partial charge is 0.338 e. The zero-order valence-corrected chi connectivity index (χ0v) is 9.38. The Labute approximate surface area is 96.3 Å². The molecule has 2 heterocycles.